The maximum Gasteiger partial charge on any atom is 0.251 e. The Balaban J connectivity index is 1.23. The van der Waals surface area contributed by atoms with Crippen LogP contribution in [0.3, 0.4) is 0 Å². The van der Waals surface area contributed by atoms with Gasteiger partial charge in [-0.2, -0.15) is 0 Å². The van der Waals surface area contributed by atoms with Crippen molar-refractivity contribution in [3.8, 4) is 11.1 Å². The van der Waals surface area contributed by atoms with E-state index in [1.165, 1.54) is 16.2 Å². The number of carbonyl (C=O) groups excluding carboxylic acids is 3. The van der Waals surface area contributed by atoms with Crippen molar-refractivity contribution in [1.29, 1.82) is 5.41 Å². The molecule has 2 fully saturated rings. The quantitative estimate of drug-likeness (QED) is 0.246. The Bertz CT molecular complexity index is 1400. The molecule has 0 bridgehead atoms. The van der Waals surface area contributed by atoms with Crippen LogP contribution >= 0.6 is 11.3 Å². The third-order valence-electron chi connectivity index (χ3n) is 7.10. The SMILES string of the molecule is C[C@@H](NC(=O)[C@@H]1CC2(CN1C(=O)CNC(=O)c1ccc(-c3ccccc3)cc1)OCCO2)c1cc(C(=N)N)cs1. The molecule has 2 aliphatic heterocycles. The number of benzene rings is 2. The zero-order chi connectivity index (χ0) is 28.3. The third kappa shape index (κ3) is 5.91. The molecule has 5 N–H and O–H groups in total. The minimum Gasteiger partial charge on any atom is -0.384 e. The normalized spacial score (nSPS) is 18.4. The fourth-order valence-electron chi connectivity index (χ4n) is 4.95. The van der Waals surface area contributed by atoms with Crippen LogP contribution in [0.4, 0.5) is 0 Å². The average molecular weight is 562 g/mol. The van der Waals surface area contributed by atoms with Gasteiger partial charge >= 0.3 is 0 Å². The van der Waals surface area contributed by atoms with Gasteiger partial charge < -0.3 is 30.7 Å². The predicted molar refractivity (Wildman–Crippen MR) is 151 cm³/mol. The van der Waals surface area contributed by atoms with Crippen LogP contribution in [0.1, 0.15) is 40.2 Å². The molecule has 10 nitrogen and oxygen atoms in total. The summed E-state index contributed by atoms with van der Waals surface area (Å²) < 4.78 is 11.6. The highest BCUT2D eigenvalue weighted by Crippen LogP contribution is 2.35. The first-order valence-electron chi connectivity index (χ1n) is 13.0. The zero-order valence-electron chi connectivity index (χ0n) is 22.0. The Morgan fingerprint density at radius 1 is 1.07 bits per heavy atom. The van der Waals surface area contributed by atoms with E-state index in [1.807, 2.05) is 49.4 Å². The minimum atomic E-state index is -1.04. The molecule has 2 atom stereocenters. The van der Waals surface area contributed by atoms with Gasteiger partial charge in [-0.05, 0) is 36.2 Å². The second-order valence-electron chi connectivity index (χ2n) is 9.86. The standard InChI is InChI=1S/C29H31N5O5S/c1-18(24-13-22(16-40-24)26(30)31)33-28(37)23-14-29(38-11-12-39-29)17-34(23)25(35)15-32-27(36)21-9-7-20(8-10-21)19-5-3-2-4-6-19/h2-10,13,16,18,23H,11-12,14-15,17H2,1H3,(H3,30,31)(H,32,36)(H,33,37)/t18-,23+/m1/s1. The molecule has 40 heavy (non-hydrogen) atoms. The van der Waals surface area contributed by atoms with E-state index < -0.39 is 17.7 Å². The van der Waals surface area contributed by atoms with Crippen molar-refractivity contribution in [2.45, 2.75) is 31.2 Å². The fraction of sp³-hybridized carbons (Fsp3) is 0.310. The first-order chi connectivity index (χ1) is 19.2. The van der Waals surface area contributed by atoms with E-state index in [4.69, 9.17) is 20.6 Å². The molecule has 2 saturated heterocycles. The number of nitrogens with two attached hydrogens (primary N) is 1. The Morgan fingerprint density at radius 3 is 2.40 bits per heavy atom. The van der Waals surface area contributed by atoms with Crippen LogP contribution in [0.25, 0.3) is 11.1 Å². The fourth-order valence-corrected chi connectivity index (χ4v) is 5.86. The molecular weight excluding hydrogens is 530 g/mol. The minimum absolute atomic E-state index is 0.0414. The van der Waals surface area contributed by atoms with E-state index in [1.54, 1.807) is 23.6 Å². The maximum absolute atomic E-state index is 13.4. The molecule has 1 aromatic heterocycles. The van der Waals surface area contributed by atoms with Gasteiger partial charge in [0.1, 0.15) is 11.9 Å². The number of likely N-dealkylation sites (tertiary alicyclic amines) is 1. The Kier molecular flexibility index (Phi) is 7.97. The first kappa shape index (κ1) is 27.5. The number of amidine groups is 1. The number of amides is 3. The number of hydrogen-bond donors (Lipinski definition) is 4. The van der Waals surface area contributed by atoms with Gasteiger partial charge in [-0.3, -0.25) is 19.8 Å². The molecule has 0 aliphatic carbocycles. The van der Waals surface area contributed by atoms with E-state index in [9.17, 15) is 14.4 Å². The van der Waals surface area contributed by atoms with Crippen LogP contribution in [0.5, 0.6) is 0 Å². The molecule has 3 heterocycles. The molecule has 11 heteroatoms. The van der Waals surface area contributed by atoms with Crippen LogP contribution in [0.2, 0.25) is 0 Å². The second-order valence-corrected chi connectivity index (χ2v) is 10.8. The molecule has 3 amide bonds. The molecule has 3 aromatic rings. The summed E-state index contributed by atoms with van der Waals surface area (Å²) in [6.07, 6.45) is 0.190. The molecule has 0 radical (unpaired) electrons. The van der Waals surface area contributed by atoms with Gasteiger partial charge in [0.15, 0.2) is 5.79 Å². The van der Waals surface area contributed by atoms with Crippen molar-refractivity contribution < 1.29 is 23.9 Å². The van der Waals surface area contributed by atoms with Crippen molar-refractivity contribution in [2.75, 3.05) is 26.3 Å². The third-order valence-corrected chi connectivity index (χ3v) is 8.21. The molecule has 1 spiro atoms. The number of nitrogens with zero attached hydrogens (tertiary/aromatic N) is 1. The molecule has 0 unspecified atom stereocenters. The van der Waals surface area contributed by atoms with E-state index in [2.05, 4.69) is 10.6 Å². The first-order valence-corrected chi connectivity index (χ1v) is 13.9. The van der Waals surface area contributed by atoms with E-state index in [0.29, 0.717) is 24.3 Å². The summed E-state index contributed by atoms with van der Waals surface area (Å²) in [7, 11) is 0. The molecule has 0 saturated carbocycles. The summed E-state index contributed by atoms with van der Waals surface area (Å²) in [4.78, 5) is 41.7. The van der Waals surface area contributed by atoms with Gasteiger partial charge in [0, 0.05) is 27.8 Å². The van der Waals surface area contributed by atoms with Crippen LogP contribution < -0.4 is 16.4 Å². The lowest BCUT2D eigenvalue weighted by atomic mass is 10.0. The van der Waals surface area contributed by atoms with E-state index in [0.717, 1.165) is 16.0 Å². The van der Waals surface area contributed by atoms with Crippen LogP contribution in [0, 0.1) is 5.41 Å². The molecule has 2 aromatic carbocycles. The van der Waals surface area contributed by atoms with Gasteiger partial charge in [0.2, 0.25) is 11.8 Å². The maximum atomic E-state index is 13.4. The molecule has 208 valence electrons. The number of hydrogen-bond acceptors (Lipinski definition) is 7. The van der Waals surface area contributed by atoms with Crippen LogP contribution in [-0.4, -0.2) is 66.6 Å². The summed E-state index contributed by atoms with van der Waals surface area (Å²) in [5.74, 6) is -2.22. The van der Waals surface area contributed by atoms with Gasteiger partial charge in [-0.15, -0.1) is 11.3 Å². The molecule has 2 aliphatic rings. The lowest BCUT2D eigenvalue weighted by Gasteiger charge is -2.25. The number of ether oxygens (including phenoxy) is 2. The van der Waals surface area contributed by atoms with Gasteiger partial charge in [0.05, 0.1) is 32.3 Å². The van der Waals surface area contributed by atoms with Gasteiger partial charge in [-0.25, -0.2) is 0 Å². The second kappa shape index (κ2) is 11.6. The highest BCUT2D eigenvalue weighted by Gasteiger charge is 2.52. The Labute approximate surface area is 236 Å². The number of nitrogen functional groups attached to an aromatic ring is 1. The highest BCUT2D eigenvalue weighted by atomic mass is 32.1. The monoisotopic (exact) mass is 561 g/mol. The largest absolute Gasteiger partial charge is 0.384 e. The summed E-state index contributed by atoms with van der Waals surface area (Å²) >= 11 is 1.39. The number of carbonyl (C=O) groups is 3. The number of rotatable bonds is 8. The Hall–Kier alpha value is -4.06. The van der Waals surface area contributed by atoms with Crippen molar-refractivity contribution in [3.05, 3.63) is 82.0 Å². The molecular formula is C29H31N5O5S. The average Bonchev–Trinajstić information content (AvgIpc) is 3.73. The van der Waals surface area contributed by atoms with Crippen molar-refractivity contribution >= 4 is 34.9 Å². The summed E-state index contributed by atoms with van der Waals surface area (Å²) in [5, 5.41) is 15.0. The highest BCUT2D eigenvalue weighted by molar-refractivity contribution is 7.10. The van der Waals surface area contributed by atoms with Gasteiger partial charge in [-0.1, -0.05) is 42.5 Å². The summed E-state index contributed by atoms with van der Waals surface area (Å²) in [6, 6.07) is 17.6. The van der Waals surface area contributed by atoms with Crippen LogP contribution in [-0.2, 0) is 19.1 Å². The van der Waals surface area contributed by atoms with Crippen molar-refractivity contribution in [3.63, 3.8) is 0 Å². The van der Waals surface area contributed by atoms with E-state index in [-0.39, 0.29) is 43.2 Å². The van der Waals surface area contributed by atoms with Crippen molar-refractivity contribution in [1.82, 2.24) is 15.5 Å². The Morgan fingerprint density at radius 2 is 1.75 bits per heavy atom. The smallest absolute Gasteiger partial charge is 0.251 e. The number of nitrogens with one attached hydrogen (secondary N) is 3. The van der Waals surface area contributed by atoms with Crippen molar-refractivity contribution in [2.24, 2.45) is 5.73 Å². The van der Waals surface area contributed by atoms with E-state index >= 15 is 0 Å². The molecule has 5 rings (SSSR count). The lowest BCUT2D eigenvalue weighted by molar-refractivity contribution is -0.152. The summed E-state index contributed by atoms with van der Waals surface area (Å²) in [6.45, 7) is 2.41. The number of thiophene rings is 1. The lowest BCUT2D eigenvalue weighted by Crippen LogP contribution is -2.49. The summed E-state index contributed by atoms with van der Waals surface area (Å²) in [5.41, 5.74) is 8.61. The topological polar surface area (TPSA) is 147 Å². The zero-order valence-corrected chi connectivity index (χ0v) is 22.8. The van der Waals surface area contributed by atoms with Crippen LogP contribution in [0.15, 0.2) is 66.0 Å². The predicted octanol–water partition coefficient (Wildman–Crippen LogP) is 2.65. The van der Waals surface area contributed by atoms with Gasteiger partial charge in [0.25, 0.3) is 5.91 Å².